The minimum absolute atomic E-state index is 0.0180. The zero-order valence-corrected chi connectivity index (χ0v) is 11.9. The first kappa shape index (κ1) is 13.9. The van der Waals surface area contributed by atoms with Gasteiger partial charge in [0.15, 0.2) is 11.6 Å². The average Bonchev–Trinajstić information content (AvgIpc) is 2.74. The van der Waals surface area contributed by atoms with Crippen LogP contribution >= 0.6 is 15.9 Å². The van der Waals surface area contributed by atoms with E-state index < -0.39 is 17.4 Å². The van der Waals surface area contributed by atoms with Crippen LogP contribution in [0.3, 0.4) is 0 Å². The van der Waals surface area contributed by atoms with Crippen LogP contribution in [0, 0.1) is 11.6 Å². The Morgan fingerprint density at radius 2 is 2.00 bits per heavy atom. The molecule has 0 atom stereocenters. The second-order valence-electron chi connectivity index (χ2n) is 4.34. The normalized spacial score (nSPS) is 11.1. The minimum atomic E-state index is -1.04. The van der Waals surface area contributed by atoms with E-state index in [0.717, 1.165) is 12.1 Å². The zero-order chi connectivity index (χ0) is 14.2. The lowest BCUT2D eigenvalue weighted by atomic mass is 10.1. The number of hydrogen-bond acceptors (Lipinski definition) is 2. The van der Waals surface area contributed by atoms with Gasteiger partial charge in [-0.25, -0.2) is 8.78 Å². The molecule has 100 valence electrons. The molecule has 1 heterocycles. The van der Waals surface area contributed by atoms with Gasteiger partial charge in [0, 0.05) is 11.6 Å². The Morgan fingerprint density at radius 1 is 1.32 bits per heavy atom. The summed E-state index contributed by atoms with van der Waals surface area (Å²) >= 11 is 3.24. The van der Waals surface area contributed by atoms with Crippen molar-refractivity contribution in [1.82, 2.24) is 9.78 Å². The van der Waals surface area contributed by atoms with Crippen LogP contribution in [0.25, 0.3) is 0 Å². The van der Waals surface area contributed by atoms with Gasteiger partial charge in [0.2, 0.25) is 5.78 Å². The largest absolute Gasteiger partial charge is 0.287 e. The van der Waals surface area contributed by atoms with Gasteiger partial charge in [-0.15, -0.1) is 0 Å². The molecule has 0 spiro atoms. The lowest BCUT2D eigenvalue weighted by molar-refractivity contribution is 0.102. The Kier molecular flexibility index (Phi) is 3.80. The second-order valence-corrected chi connectivity index (χ2v) is 5.19. The molecule has 0 aliphatic heterocycles. The molecule has 0 saturated heterocycles. The van der Waals surface area contributed by atoms with Gasteiger partial charge in [-0.2, -0.15) is 5.10 Å². The molecule has 0 N–H and O–H groups in total. The van der Waals surface area contributed by atoms with Crippen LogP contribution in [0.15, 0.2) is 28.9 Å². The molecule has 0 aliphatic carbocycles. The van der Waals surface area contributed by atoms with Crippen molar-refractivity contribution in [1.29, 1.82) is 0 Å². The smallest absolute Gasteiger partial charge is 0.212 e. The molecule has 0 amide bonds. The van der Waals surface area contributed by atoms with Crippen molar-refractivity contribution >= 4 is 21.7 Å². The molecule has 2 rings (SSSR count). The third-order valence-electron chi connectivity index (χ3n) is 2.64. The molecule has 0 bridgehead atoms. The fourth-order valence-corrected chi connectivity index (χ4v) is 2.17. The van der Waals surface area contributed by atoms with E-state index in [1.165, 1.54) is 16.9 Å². The average molecular weight is 329 g/mol. The molecule has 0 saturated carbocycles. The molecule has 6 heteroatoms. The quantitative estimate of drug-likeness (QED) is 0.804. The molecule has 19 heavy (non-hydrogen) atoms. The van der Waals surface area contributed by atoms with E-state index in [0.29, 0.717) is 10.2 Å². The van der Waals surface area contributed by atoms with Crippen molar-refractivity contribution < 1.29 is 13.6 Å². The van der Waals surface area contributed by atoms with Gasteiger partial charge in [-0.3, -0.25) is 9.48 Å². The van der Waals surface area contributed by atoms with E-state index >= 15 is 0 Å². The molecule has 0 fully saturated rings. The molecule has 3 nitrogen and oxygen atoms in total. The number of hydrogen-bond donors (Lipinski definition) is 0. The SMILES string of the molecule is CC(C)n1ncc(Br)c1C(=O)c1ccc(F)c(F)c1. The molecule has 0 aliphatic rings. The monoisotopic (exact) mass is 328 g/mol. The summed E-state index contributed by atoms with van der Waals surface area (Å²) in [6, 6.07) is 3.06. The van der Waals surface area contributed by atoms with Gasteiger partial charge in [0.25, 0.3) is 0 Å². The van der Waals surface area contributed by atoms with Crippen molar-refractivity contribution in [2.24, 2.45) is 0 Å². The Morgan fingerprint density at radius 3 is 2.58 bits per heavy atom. The van der Waals surface area contributed by atoms with Gasteiger partial charge in [0.1, 0.15) is 5.69 Å². The Hall–Kier alpha value is -1.56. The highest BCUT2D eigenvalue weighted by Crippen LogP contribution is 2.23. The maximum Gasteiger partial charge on any atom is 0.212 e. The summed E-state index contributed by atoms with van der Waals surface area (Å²) in [5.74, 6) is -2.43. The van der Waals surface area contributed by atoms with Crippen molar-refractivity contribution in [2.45, 2.75) is 19.9 Å². The molecule has 0 radical (unpaired) electrons. The Labute approximate surface area is 117 Å². The maximum absolute atomic E-state index is 13.2. The summed E-state index contributed by atoms with van der Waals surface area (Å²) in [5, 5.41) is 4.08. The van der Waals surface area contributed by atoms with Crippen LogP contribution in [0.1, 0.15) is 35.9 Å². The predicted octanol–water partition coefficient (Wildman–Crippen LogP) is 3.74. The lowest BCUT2D eigenvalue weighted by Gasteiger charge is -2.10. The summed E-state index contributed by atoms with van der Waals surface area (Å²) in [5.41, 5.74) is 0.406. The number of aromatic nitrogens is 2. The van der Waals surface area contributed by atoms with E-state index in [9.17, 15) is 13.6 Å². The third kappa shape index (κ3) is 2.58. The fraction of sp³-hybridized carbons (Fsp3) is 0.231. The third-order valence-corrected chi connectivity index (χ3v) is 3.22. The topological polar surface area (TPSA) is 34.9 Å². The fourth-order valence-electron chi connectivity index (χ4n) is 1.72. The summed E-state index contributed by atoms with van der Waals surface area (Å²) in [7, 11) is 0. The van der Waals surface area contributed by atoms with Crippen LogP contribution in [-0.2, 0) is 0 Å². The number of halogens is 3. The second kappa shape index (κ2) is 5.21. The van der Waals surface area contributed by atoms with Crippen molar-refractivity contribution in [3.63, 3.8) is 0 Å². The number of benzene rings is 1. The summed E-state index contributed by atoms with van der Waals surface area (Å²) < 4.78 is 28.1. The van der Waals surface area contributed by atoms with Crippen LogP contribution in [0.2, 0.25) is 0 Å². The van der Waals surface area contributed by atoms with Crippen LogP contribution in [-0.4, -0.2) is 15.6 Å². The van der Waals surface area contributed by atoms with E-state index in [1.54, 1.807) is 0 Å². The molecule has 2 aromatic rings. The highest BCUT2D eigenvalue weighted by Gasteiger charge is 2.21. The number of rotatable bonds is 3. The lowest BCUT2D eigenvalue weighted by Crippen LogP contribution is -2.14. The molecular formula is C13H11BrF2N2O. The van der Waals surface area contributed by atoms with E-state index in [1.807, 2.05) is 13.8 Å². The predicted molar refractivity (Wildman–Crippen MR) is 70.1 cm³/mol. The van der Waals surface area contributed by atoms with Gasteiger partial charge in [-0.1, -0.05) is 0 Å². The van der Waals surface area contributed by atoms with Crippen LogP contribution in [0.5, 0.6) is 0 Å². The zero-order valence-electron chi connectivity index (χ0n) is 10.3. The maximum atomic E-state index is 13.2. The molecule has 0 unspecified atom stereocenters. The Bertz CT molecular complexity index is 638. The van der Waals surface area contributed by atoms with Gasteiger partial charge in [0.05, 0.1) is 10.7 Å². The van der Waals surface area contributed by atoms with Crippen molar-refractivity contribution in [3.05, 3.63) is 51.8 Å². The standard InChI is InChI=1S/C13H11BrF2N2O/c1-7(2)18-12(9(14)6-17-18)13(19)8-3-4-10(15)11(16)5-8/h3-7H,1-2H3. The summed E-state index contributed by atoms with van der Waals surface area (Å²) in [6.07, 6.45) is 1.51. The van der Waals surface area contributed by atoms with Gasteiger partial charge in [-0.05, 0) is 48.0 Å². The first-order valence-electron chi connectivity index (χ1n) is 5.64. The first-order chi connectivity index (χ1) is 8.91. The van der Waals surface area contributed by atoms with Crippen LogP contribution < -0.4 is 0 Å². The Balaban J connectivity index is 2.49. The van der Waals surface area contributed by atoms with Crippen molar-refractivity contribution in [3.8, 4) is 0 Å². The number of ketones is 1. The van der Waals surface area contributed by atoms with E-state index in [-0.39, 0.29) is 11.6 Å². The minimum Gasteiger partial charge on any atom is -0.287 e. The van der Waals surface area contributed by atoms with E-state index in [4.69, 9.17) is 0 Å². The van der Waals surface area contributed by atoms with Gasteiger partial charge >= 0.3 is 0 Å². The van der Waals surface area contributed by atoms with Crippen LogP contribution in [0.4, 0.5) is 8.78 Å². The number of carbonyl (C=O) groups excluding carboxylic acids is 1. The number of nitrogens with zero attached hydrogens (tertiary/aromatic N) is 2. The van der Waals surface area contributed by atoms with Crippen molar-refractivity contribution in [2.75, 3.05) is 0 Å². The first-order valence-corrected chi connectivity index (χ1v) is 6.44. The summed E-state index contributed by atoms with van der Waals surface area (Å²) in [4.78, 5) is 12.3. The number of carbonyl (C=O) groups is 1. The van der Waals surface area contributed by atoms with E-state index in [2.05, 4.69) is 21.0 Å². The highest BCUT2D eigenvalue weighted by atomic mass is 79.9. The van der Waals surface area contributed by atoms with Gasteiger partial charge < -0.3 is 0 Å². The highest BCUT2D eigenvalue weighted by molar-refractivity contribution is 9.10. The molecule has 1 aromatic carbocycles. The molecule has 1 aromatic heterocycles. The molecular weight excluding hydrogens is 318 g/mol. The summed E-state index contributed by atoms with van der Waals surface area (Å²) in [6.45, 7) is 3.75.